The molecule has 0 unspecified atom stereocenters. The van der Waals surface area contributed by atoms with Gasteiger partial charge in [0.25, 0.3) is 0 Å². The summed E-state index contributed by atoms with van der Waals surface area (Å²) in [5.41, 5.74) is 8.28. The molecule has 0 radical (unpaired) electrons. The highest BCUT2D eigenvalue weighted by Crippen LogP contribution is 2.17. The van der Waals surface area contributed by atoms with Gasteiger partial charge in [-0.25, -0.2) is 19.9 Å². The SMILES string of the molecule is Cc1nccc(-c2nc(C)c(C)c(N)n2)n1. The van der Waals surface area contributed by atoms with Gasteiger partial charge in [-0.2, -0.15) is 0 Å². The Balaban J connectivity index is 2.57. The first-order valence-electron chi connectivity index (χ1n) is 4.98. The fraction of sp³-hybridized carbons (Fsp3) is 0.273. The van der Waals surface area contributed by atoms with Crippen molar-refractivity contribution in [2.24, 2.45) is 0 Å². The predicted molar refractivity (Wildman–Crippen MR) is 61.7 cm³/mol. The molecule has 0 aliphatic carbocycles. The van der Waals surface area contributed by atoms with Crippen LogP contribution in [0.25, 0.3) is 11.5 Å². The third-order valence-corrected chi connectivity index (χ3v) is 2.43. The Bertz CT molecular complexity index is 513. The van der Waals surface area contributed by atoms with Crippen LogP contribution in [0.15, 0.2) is 12.3 Å². The van der Waals surface area contributed by atoms with Crippen molar-refractivity contribution in [1.29, 1.82) is 0 Å². The van der Waals surface area contributed by atoms with Gasteiger partial charge < -0.3 is 5.73 Å². The number of rotatable bonds is 1. The van der Waals surface area contributed by atoms with Crippen molar-refractivity contribution in [3.63, 3.8) is 0 Å². The summed E-state index contributed by atoms with van der Waals surface area (Å²) < 4.78 is 0. The standard InChI is InChI=1S/C11H13N5/c1-6-7(2)14-11(16-10(6)12)9-4-5-13-8(3)15-9/h4-5H,1-3H3,(H2,12,14,16). The van der Waals surface area contributed by atoms with Gasteiger partial charge in [-0.15, -0.1) is 0 Å². The molecule has 2 heterocycles. The van der Waals surface area contributed by atoms with E-state index >= 15 is 0 Å². The molecule has 0 aliphatic rings. The first-order valence-corrected chi connectivity index (χ1v) is 4.98. The summed E-state index contributed by atoms with van der Waals surface area (Å²) in [5.74, 6) is 1.74. The van der Waals surface area contributed by atoms with Crippen LogP contribution in [0, 0.1) is 20.8 Å². The molecule has 0 fully saturated rings. The molecule has 0 atom stereocenters. The summed E-state index contributed by atoms with van der Waals surface area (Å²) in [7, 11) is 0. The van der Waals surface area contributed by atoms with Crippen LogP contribution in [0.1, 0.15) is 17.1 Å². The van der Waals surface area contributed by atoms with E-state index in [2.05, 4.69) is 19.9 Å². The summed E-state index contributed by atoms with van der Waals surface area (Å²) in [5, 5.41) is 0. The number of nitrogens with zero attached hydrogens (tertiary/aromatic N) is 4. The topological polar surface area (TPSA) is 77.6 Å². The van der Waals surface area contributed by atoms with Gasteiger partial charge in [-0.1, -0.05) is 0 Å². The second kappa shape index (κ2) is 3.84. The molecule has 2 aromatic heterocycles. The molecule has 0 bridgehead atoms. The molecule has 0 aliphatic heterocycles. The van der Waals surface area contributed by atoms with Crippen LogP contribution < -0.4 is 5.73 Å². The molecule has 0 saturated heterocycles. The lowest BCUT2D eigenvalue weighted by atomic mass is 10.2. The number of hydrogen-bond acceptors (Lipinski definition) is 5. The Labute approximate surface area is 93.8 Å². The maximum Gasteiger partial charge on any atom is 0.180 e. The fourth-order valence-electron chi connectivity index (χ4n) is 1.35. The second-order valence-electron chi connectivity index (χ2n) is 3.63. The molecule has 2 N–H and O–H groups in total. The number of aromatic nitrogens is 4. The maximum atomic E-state index is 5.80. The molecule has 0 spiro atoms. The summed E-state index contributed by atoms with van der Waals surface area (Å²) in [4.78, 5) is 16.9. The van der Waals surface area contributed by atoms with Crippen molar-refractivity contribution in [2.75, 3.05) is 5.73 Å². The molecule has 5 nitrogen and oxygen atoms in total. The minimum Gasteiger partial charge on any atom is -0.383 e. The van der Waals surface area contributed by atoms with Crippen molar-refractivity contribution >= 4 is 5.82 Å². The molecule has 0 aromatic carbocycles. The van der Waals surface area contributed by atoms with Gasteiger partial charge in [0.05, 0.1) is 0 Å². The normalized spacial score (nSPS) is 10.4. The fourth-order valence-corrected chi connectivity index (χ4v) is 1.35. The number of nitrogen functional groups attached to an aromatic ring is 1. The monoisotopic (exact) mass is 215 g/mol. The van der Waals surface area contributed by atoms with E-state index in [-0.39, 0.29) is 0 Å². The molecular formula is C11H13N5. The van der Waals surface area contributed by atoms with Gasteiger partial charge in [0.2, 0.25) is 0 Å². The van der Waals surface area contributed by atoms with Gasteiger partial charge in [0.1, 0.15) is 17.3 Å². The highest BCUT2D eigenvalue weighted by molar-refractivity contribution is 5.54. The van der Waals surface area contributed by atoms with Crippen LogP contribution in [0.3, 0.4) is 0 Å². The molecule has 0 saturated carbocycles. The minimum atomic E-state index is 0.499. The van der Waals surface area contributed by atoms with Gasteiger partial charge in [-0.3, -0.25) is 0 Å². The Morgan fingerprint density at radius 1 is 1.06 bits per heavy atom. The first-order chi connectivity index (χ1) is 7.58. The van der Waals surface area contributed by atoms with Gasteiger partial charge in [-0.05, 0) is 26.8 Å². The van der Waals surface area contributed by atoms with E-state index in [0.29, 0.717) is 23.2 Å². The molecular weight excluding hydrogens is 202 g/mol. The lowest BCUT2D eigenvalue weighted by Gasteiger charge is -2.06. The Morgan fingerprint density at radius 2 is 1.81 bits per heavy atom. The van der Waals surface area contributed by atoms with E-state index in [1.807, 2.05) is 20.8 Å². The number of hydrogen-bond donors (Lipinski definition) is 1. The van der Waals surface area contributed by atoms with Crippen LogP contribution in [-0.4, -0.2) is 19.9 Å². The molecule has 16 heavy (non-hydrogen) atoms. The third-order valence-electron chi connectivity index (χ3n) is 2.43. The van der Waals surface area contributed by atoms with Crippen molar-refractivity contribution in [3.8, 4) is 11.5 Å². The third kappa shape index (κ3) is 1.84. The lowest BCUT2D eigenvalue weighted by Crippen LogP contribution is -2.03. The van der Waals surface area contributed by atoms with Gasteiger partial charge in [0, 0.05) is 17.5 Å². The van der Waals surface area contributed by atoms with Crippen molar-refractivity contribution in [2.45, 2.75) is 20.8 Å². The zero-order valence-corrected chi connectivity index (χ0v) is 9.52. The van der Waals surface area contributed by atoms with Crippen molar-refractivity contribution in [1.82, 2.24) is 19.9 Å². The highest BCUT2D eigenvalue weighted by Gasteiger charge is 2.08. The van der Waals surface area contributed by atoms with Gasteiger partial charge in [0.15, 0.2) is 5.82 Å². The second-order valence-corrected chi connectivity index (χ2v) is 3.63. The summed E-state index contributed by atoms with van der Waals surface area (Å²) in [6.07, 6.45) is 1.69. The minimum absolute atomic E-state index is 0.499. The molecule has 82 valence electrons. The van der Waals surface area contributed by atoms with E-state index in [0.717, 1.165) is 11.3 Å². The molecule has 2 aromatic rings. The predicted octanol–water partition coefficient (Wildman–Crippen LogP) is 1.44. The largest absolute Gasteiger partial charge is 0.383 e. The summed E-state index contributed by atoms with van der Waals surface area (Å²) >= 11 is 0. The average molecular weight is 215 g/mol. The van der Waals surface area contributed by atoms with Crippen molar-refractivity contribution < 1.29 is 0 Å². The van der Waals surface area contributed by atoms with E-state index in [4.69, 9.17) is 5.73 Å². The number of anilines is 1. The van der Waals surface area contributed by atoms with Crippen LogP contribution in [0.4, 0.5) is 5.82 Å². The number of nitrogens with two attached hydrogens (primary N) is 1. The molecule has 0 amide bonds. The van der Waals surface area contributed by atoms with E-state index in [9.17, 15) is 0 Å². The Kier molecular flexibility index (Phi) is 2.52. The van der Waals surface area contributed by atoms with Crippen LogP contribution in [-0.2, 0) is 0 Å². The van der Waals surface area contributed by atoms with Gasteiger partial charge >= 0.3 is 0 Å². The van der Waals surface area contributed by atoms with Crippen molar-refractivity contribution in [3.05, 3.63) is 29.3 Å². The van der Waals surface area contributed by atoms with E-state index < -0.39 is 0 Å². The quantitative estimate of drug-likeness (QED) is 0.778. The highest BCUT2D eigenvalue weighted by atomic mass is 15.0. The summed E-state index contributed by atoms with van der Waals surface area (Å²) in [6.45, 7) is 5.64. The molecule has 5 heteroatoms. The smallest absolute Gasteiger partial charge is 0.180 e. The Hall–Kier alpha value is -2.04. The summed E-state index contributed by atoms with van der Waals surface area (Å²) in [6, 6.07) is 1.77. The zero-order chi connectivity index (χ0) is 11.7. The van der Waals surface area contributed by atoms with Crippen LogP contribution >= 0.6 is 0 Å². The number of aryl methyl sites for hydroxylation is 2. The van der Waals surface area contributed by atoms with E-state index in [1.165, 1.54) is 0 Å². The first kappa shape index (κ1) is 10.5. The Morgan fingerprint density at radius 3 is 2.44 bits per heavy atom. The van der Waals surface area contributed by atoms with Crippen LogP contribution in [0.5, 0.6) is 0 Å². The average Bonchev–Trinajstić information content (AvgIpc) is 2.25. The maximum absolute atomic E-state index is 5.80. The molecule has 2 rings (SSSR count). The van der Waals surface area contributed by atoms with E-state index in [1.54, 1.807) is 12.3 Å². The zero-order valence-electron chi connectivity index (χ0n) is 9.52. The lowest BCUT2D eigenvalue weighted by molar-refractivity contribution is 1.01. The van der Waals surface area contributed by atoms with Crippen LogP contribution in [0.2, 0.25) is 0 Å².